The summed E-state index contributed by atoms with van der Waals surface area (Å²) in [6.07, 6.45) is 4.83. The van der Waals surface area contributed by atoms with Gasteiger partial charge in [-0.05, 0) is 49.4 Å². The molecule has 1 atom stereocenters. The summed E-state index contributed by atoms with van der Waals surface area (Å²) in [5, 5.41) is 0. The van der Waals surface area contributed by atoms with Crippen LogP contribution in [0.5, 0.6) is 5.75 Å². The van der Waals surface area contributed by atoms with E-state index in [0.29, 0.717) is 6.42 Å². The van der Waals surface area contributed by atoms with Gasteiger partial charge < -0.3 is 14.4 Å². The third kappa shape index (κ3) is 2.66. The molecule has 0 N–H and O–H groups in total. The molecule has 1 saturated heterocycles. The van der Waals surface area contributed by atoms with Crippen molar-refractivity contribution in [3.63, 3.8) is 0 Å². The molecule has 0 saturated carbocycles. The average molecular weight is 275 g/mol. The molecule has 1 unspecified atom stereocenters. The predicted molar refractivity (Wildman–Crippen MR) is 77.3 cm³/mol. The number of nitrogens with zero attached hydrogens (tertiary/aromatic N) is 1. The van der Waals surface area contributed by atoms with Crippen molar-refractivity contribution in [2.45, 2.75) is 38.2 Å². The molecule has 0 spiro atoms. The minimum atomic E-state index is 0.110. The highest BCUT2D eigenvalue weighted by atomic mass is 16.5. The van der Waals surface area contributed by atoms with Gasteiger partial charge in [-0.1, -0.05) is 0 Å². The van der Waals surface area contributed by atoms with Crippen LogP contribution in [0, 0.1) is 0 Å². The molecular weight excluding hydrogens is 254 g/mol. The van der Waals surface area contributed by atoms with E-state index in [-0.39, 0.29) is 12.0 Å². The molecule has 3 rings (SSSR count). The minimum absolute atomic E-state index is 0.110. The molecule has 2 aliphatic heterocycles. The van der Waals surface area contributed by atoms with E-state index >= 15 is 0 Å². The van der Waals surface area contributed by atoms with Crippen LogP contribution in [0.4, 0.5) is 5.69 Å². The van der Waals surface area contributed by atoms with E-state index in [1.165, 1.54) is 12.0 Å². The van der Waals surface area contributed by atoms with Gasteiger partial charge in [0.05, 0.1) is 19.6 Å². The Kier molecular flexibility index (Phi) is 3.92. The number of hydrogen-bond acceptors (Lipinski definition) is 3. The molecule has 1 aromatic rings. The quantitative estimate of drug-likeness (QED) is 0.851. The number of methoxy groups -OCH3 is 1. The van der Waals surface area contributed by atoms with Crippen molar-refractivity contribution in [2.24, 2.45) is 0 Å². The Labute approximate surface area is 119 Å². The van der Waals surface area contributed by atoms with E-state index in [2.05, 4.69) is 0 Å². The van der Waals surface area contributed by atoms with Crippen molar-refractivity contribution in [2.75, 3.05) is 25.2 Å². The van der Waals surface area contributed by atoms with Crippen molar-refractivity contribution in [3.05, 3.63) is 23.8 Å². The van der Waals surface area contributed by atoms with Gasteiger partial charge in [0.1, 0.15) is 5.75 Å². The number of carbonyl (C=O) groups excluding carboxylic acids is 1. The lowest BCUT2D eigenvalue weighted by atomic mass is 10.1. The molecule has 2 heterocycles. The number of carbonyl (C=O) groups is 1. The summed E-state index contributed by atoms with van der Waals surface area (Å²) in [5.74, 6) is 1.04. The van der Waals surface area contributed by atoms with Crippen molar-refractivity contribution < 1.29 is 14.3 Å². The second kappa shape index (κ2) is 5.83. The largest absolute Gasteiger partial charge is 0.497 e. The van der Waals surface area contributed by atoms with Crippen LogP contribution in [0.3, 0.4) is 0 Å². The number of amides is 1. The van der Waals surface area contributed by atoms with Crippen LogP contribution in [0.15, 0.2) is 18.2 Å². The number of rotatable bonds is 3. The summed E-state index contributed by atoms with van der Waals surface area (Å²) >= 11 is 0. The highest BCUT2D eigenvalue weighted by Gasteiger charge is 2.27. The monoisotopic (exact) mass is 275 g/mol. The lowest BCUT2D eigenvalue weighted by molar-refractivity contribution is -0.122. The zero-order chi connectivity index (χ0) is 13.9. The lowest BCUT2D eigenvalue weighted by Gasteiger charge is -2.25. The zero-order valence-electron chi connectivity index (χ0n) is 11.9. The zero-order valence-corrected chi connectivity index (χ0v) is 11.9. The number of anilines is 1. The number of fused-ring (bicyclic) bond motifs is 1. The van der Waals surface area contributed by atoms with E-state index in [1.807, 2.05) is 23.1 Å². The maximum absolute atomic E-state index is 12.4. The molecule has 1 fully saturated rings. The van der Waals surface area contributed by atoms with E-state index in [0.717, 1.165) is 43.9 Å². The van der Waals surface area contributed by atoms with Crippen LogP contribution in [0.1, 0.15) is 31.2 Å². The first-order valence-corrected chi connectivity index (χ1v) is 7.37. The Bertz CT molecular complexity index is 494. The molecule has 0 bridgehead atoms. The molecule has 1 amide bonds. The lowest BCUT2D eigenvalue weighted by Crippen LogP contribution is -2.33. The van der Waals surface area contributed by atoms with Gasteiger partial charge in [-0.15, -0.1) is 0 Å². The van der Waals surface area contributed by atoms with Gasteiger partial charge in [0.2, 0.25) is 5.91 Å². The summed E-state index contributed by atoms with van der Waals surface area (Å²) in [6.45, 7) is 1.57. The van der Waals surface area contributed by atoms with Crippen molar-refractivity contribution in [1.29, 1.82) is 0 Å². The molecule has 2 aliphatic rings. The van der Waals surface area contributed by atoms with Gasteiger partial charge in [0.25, 0.3) is 0 Å². The van der Waals surface area contributed by atoms with Gasteiger partial charge in [-0.25, -0.2) is 0 Å². The van der Waals surface area contributed by atoms with Crippen LogP contribution >= 0.6 is 0 Å². The van der Waals surface area contributed by atoms with Crippen LogP contribution in [0.2, 0.25) is 0 Å². The Morgan fingerprint density at radius 3 is 3.10 bits per heavy atom. The summed E-state index contributed by atoms with van der Waals surface area (Å²) in [7, 11) is 1.67. The number of ether oxygens (including phenoxy) is 2. The van der Waals surface area contributed by atoms with Gasteiger partial charge in [0.15, 0.2) is 0 Å². The third-order valence-electron chi connectivity index (χ3n) is 4.16. The van der Waals surface area contributed by atoms with Crippen molar-refractivity contribution in [1.82, 2.24) is 0 Å². The van der Waals surface area contributed by atoms with Crippen LogP contribution in [-0.4, -0.2) is 32.3 Å². The van der Waals surface area contributed by atoms with Crippen LogP contribution < -0.4 is 9.64 Å². The average Bonchev–Trinajstić information content (AvgIpc) is 2.91. The molecule has 1 aromatic carbocycles. The molecule has 0 aliphatic carbocycles. The topological polar surface area (TPSA) is 38.8 Å². The first kappa shape index (κ1) is 13.4. The molecule has 0 radical (unpaired) electrons. The first-order valence-electron chi connectivity index (χ1n) is 7.37. The second-order valence-electron chi connectivity index (χ2n) is 5.48. The third-order valence-corrected chi connectivity index (χ3v) is 4.16. The first-order chi connectivity index (χ1) is 9.78. The maximum atomic E-state index is 12.4. The van der Waals surface area contributed by atoms with Gasteiger partial charge in [-0.2, -0.15) is 0 Å². The Morgan fingerprint density at radius 2 is 2.35 bits per heavy atom. The summed E-state index contributed by atoms with van der Waals surface area (Å²) in [6, 6.07) is 5.93. The van der Waals surface area contributed by atoms with E-state index in [9.17, 15) is 4.79 Å². The van der Waals surface area contributed by atoms with E-state index in [4.69, 9.17) is 9.47 Å². The minimum Gasteiger partial charge on any atom is -0.497 e. The Morgan fingerprint density at radius 1 is 1.45 bits per heavy atom. The number of hydrogen-bond donors (Lipinski definition) is 0. The van der Waals surface area contributed by atoms with E-state index in [1.54, 1.807) is 7.11 Å². The fourth-order valence-corrected chi connectivity index (χ4v) is 3.04. The van der Waals surface area contributed by atoms with Gasteiger partial charge in [0, 0.05) is 18.8 Å². The Hall–Kier alpha value is -1.55. The Balaban J connectivity index is 1.68. The number of benzene rings is 1. The standard InChI is InChI=1S/C16H21NO3/c1-19-13-5-6-15-12(10-13)7-8-17(15)16(18)11-14-4-2-3-9-20-14/h5-6,10,14H,2-4,7-9,11H2,1H3. The van der Waals surface area contributed by atoms with E-state index < -0.39 is 0 Å². The van der Waals surface area contributed by atoms with Crippen molar-refractivity contribution in [3.8, 4) is 5.75 Å². The molecule has 108 valence electrons. The normalized spacial score (nSPS) is 21.6. The highest BCUT2D eigenvalue weighted by Crippen LogP contribution is 2.32. The van der Waals surface area contributed by atoms with Gasteiger partial charge in [-0.3, -0.25) is 4.79 Å². The fraction of sp³-hybridized carbons (Fsp3) is 0.562. The fourth-order valence-electron chi connectivity index (χ4n) is 3.04. The molecule has 4 nitrogen and oxygen atoms in total. The predicted octanol–water partition coefficient (Wildman–Crippen LogP) is 2.54. The van der Waals surface area contributed by atoms with Crippen LogP contribution in [0.25, 0.3) is 0 Å². The van der Waals surface area contributed by atoms with Crippen molar-refractivity contribution >= 4 is 11.6 Å². The SMILES string of the molecule is COc1ccc2c(c1)CCN2C(=O)CC1CCCCO1. The molecular formula is C16H21NO3. The highest BCUT2D eigenvalue weighted by molar-refractivity contribution is 5.95. The van der Waals surface area contributed by atoms with Crippen LogP contribution in [-0.2, 0) is 16.0 Å². The second-order valence-corrected chi connectivity index (χ2v) is 5.48. The molecule has 4 heteroatoms. The van der Waals surface area contributed by atoms with Gasteiger partial charge >= 0.3 is 0 Å². The molecule has 0 aromatic heterocycles. The summed E-state index contributed by atoms with van der Waals surface area (Å²) in [5.41, 5.74) is 2.23. The summed E-state index contributed by atoms with van der Waals surface area (Å²) in [4.78, 5) is 14.3. The maximum Gasteiger partial charge on any atom is 0.229 e. The molecule has 20 heavy (non-hydrogen) atoms. The summed E-state index contributed by atoms with van der Waals surface area (Å²) < 4.78 is 10.9. The smallest absolute Gasteiger partial charge is 0.229 e.